The van der Waals surface area contributed by atoms with E-state index in [0.717, 1.165) is 37.2 Å². The molecule has 4 heteroatoms. The maximum Gasteiger partial charge on any atom is 0.126 e. The lowest BCUT2D eigenvalue weighted by Gasteiger charge is -2.05. The number of nitrogens with zero attached hydrogens (tertiary/aromatic N) is 3. The minimum atomic E-state index is 0.952. The van der Waals surface area contributed by atoms with Gasteiger partial charge in [-0.2, -0.15) is 0 Å². The number of benzene rings is 1. The topological polar surface area (TPSA) is 38.7 Å². The summed E-state index contributed by atoms with van der Waals surface area (Å²) >= 11 is 1.63. The first-order valence-corrected chi connectivity index (χ1v) is 8.20. The Hall–Kier alpha value is -2.85. The monoisotopic (exact) mass is 313 g/mol. The number of para-hydroxylation sites is 1. The largest absolute Gasteiger partial charge is 0.256 e. The molecular weight excluding hydrogens is 302 g/mol. The predicted octanol–water partition coefficient (Wildman–Crippen LogP) is 5.06. The summed E-state index contributed by atoms with van der Waals surface area (Å²) in [7, 11) is 0. The molecule has 0 saturated carbocycles. The van der Waals surface area contributed by atoms with Crippen LogP contribution in [0.3, 0.4) is 0 Å². The number of rotatable bonds is 1. The van der Waals surface area contributed by atoms with E-state index in [1.54, 1.807) is 11.3 Å². The maximum atomic E-state index is 4.87. The Morgan fingerprint density at radius 2 is 1.52 bits per heavy atom. The zero-order valence-electron chi connectivity index (χ0n) is 12.1. The zero-order chi connectivity index (χ0) is 15.2. The van der Waals surface area contributed by atoms with Crippen LogP contribution in [0.15, 0.2) is 67.0 Å². The van der Waals surface area contributed by atoms with Crippen molar-refractivity contribution in [2.24, 2.45) is 0 Å². The van der Waals surface area contributed by atoms with E-state index in [9.17, 15) is 0 Å². The Labute approximate surface area is 136 Å². The SMILES string of the molecule is c1cnc2c(-c3ccc4c(n3)sc3ncccc34)cccc2c1. The van der Waals surface area contributed by atoms with E-state index in [2.05, 4.69) is 52.4 Å². The second-order valence-corrected chi connectivity index (χ2v) is 6.37. The van der Waals surface area contributed by atoms with Gasteiger partial charge in [-0.05, 0) is 30.3 Å². The van der Waals surface area contributed by atoms with Gasteiger partial charge in [0.25, 0.3) is 0 Å². The molecule has 0 fully saturated rings. The van der Waals surface area contributed by atoms with Crippen molar-refractivity contribution < 1.29 is 0 Å². The highest BCUT2D eigenvalue weighted by Gasteiger charge is 2.10. The molecule has 0 spiro atoms. The molecule has 5 rings (SSSR count). The third-order valence-electron chi connectivity index (χ3n) is 4.02. The number of aromatic nitrogens is 3. The molecule has 0 aliphatic rings. The Kier molecular flexibility index (Phi) is 2.66. The van der Waals surface area contributed by atoms with Crippen molar-refractivity contribution in [3.8, 4) is 11.3 Å². The molecule has 0 bridgehead atoms. The molecule has 0 unspecified atom stereocenters. The first-order chi connectivity index (χ1) is 11.4. The molecule has 0 atom stereocenters. The van der Waals surface area contributed by atoms with Gasteiger partial charge in [0, 0.05) is 34.1 Å². The third kappa shape index (κ3) is 1.92. The number of thiophene rings is 1. The van der Waals surface area contributed by atoms with Gasteiger partial charge in [0.1, 0.15) is 9.66 Å². The first-order valence-electron chi connectivity index (χ1n) is 7.38. The number of pyridine rings is 3. The van der Waals surface area contributed by atoms with Gasteiger partial charge in [0.2, 0.25) is 0 Å². The molecule has 1 aromatic carbocycles. The summed E-state index contributed by atoms with van der Waals surface area (Å²) in [5.74, 6) is 0. The van der Waals surface area contributed by atoms with Crippen molar-refractivity contribution in [2.75, 3.05) is 0 Å². The van der Waals surface area contributed by atoms with Crippen LogP contribution in [0.4, 0.5) is 0 Å². The molecule has 0 radical (unpaired) electrons. The van der Waals surface area contributed by atoms with Gasteiger partial charge in [-0.3, -0.25) is 4.98 Å². The Morgan fingerprint density at radius 1 is 0.696 bits per heavy atom. The third-order valence-corrected chi connectivity index (χ3v) is 5.05. The second kappa shape index (κ2) is 4.83. The first kappa shape index (κ1) is 12.7. The zero-order valence-corrected chi connectivity index (χ0v) is 12.9. The summed E-state index contributed by atoms with van der Waals surface area (Å²) in [6.45, 7) is 0. The fraction of sp³-hybridized carbons (Fsp3) is 0. The molecule has 0 aliphatic carbocycles. The van der Waals surface area contributed by atoms with E-state index in [1.807, 2.05) is 24.5 Å². The van der Waals surface area contributed by atoms with Gasteiger partial charge >= 0.3 is 0 Å². The number of hydrogen-bond acceptors (Lipinski definition) is 4. The molecule has 0 amide bonds. The van der Waals surface area contributed by atoms with Crippen LogP contribution in [-0.2, 0) is 0 Å². The normalized spacial score (nSPS) is 11.5. The van der Waals surface area contributed by atoms with E-state index in [-0.39, 0.29) is 0 Å². The Balaban J connectivity index is 1.81. The van der Waals surface area contributed by atoms with Crippen molar-refractivity contribution in [1.29, 1.82) is 0 Å². The maximum absolute atomic E-state index is 4.87. The van der Waals surface area contributed by atoms with Crippen LogP contribution in [0, 0.1) is 0 Å². The minimum Gasteiger partial charge on any atom is -0.256 e. The van der Waals surface area contributed by atoms with Crippen molar-refractivity contribution in [3.63, 3.8) is 0 Å². The van der Waals surface area contributed by atoms with E-state index in [1.165, 1.54) is 5.39 Å². The highest BCUT2D eigenvalue weighted by molar-refractivity contribution is 7.25. The fourth-order valence-corrected chi connectivity index (χ4v) is 3.97. The highest BCUT2D eigenvalue weighted by atomic mass is 32.1. The van der Waals surface area contributed by atoms with Crippen LogP contribution in [0.1, 0.15) is 0 Å². The van der Waals surface area contributed by atoms with Crippen LogP contribution < -0.4 is 0 Å². The summed E-state index contributed by atoms with van der Waals surface area (Å²) in [6, 6.07) is 18.5. The molecular formula is C19H11N3S. The summed E-state index contributed by atoms with van der Waals surface area (Å²) < 4.78 is 0. The van der Waals surface area contributed by atoms with Crippen molar-refractivity contribution in [2.45, 2.75) is 0 Å². The number of hydrogen-bond donors (Lipinski definition) is 0. The number of fused-ring (bicyclic) bond motifs is 4. The van der Waals surface area contributed by atoms with Gasteiger partial charge in [-0.25, -0.2) is 9.97 Å². The van der Waals surface area contributed by atoms with Crippen LogP contribution in [0.5, 0.6) is 0 Å². The van der Waals surface area contributed by atoms with E-state index in [0.29, 0.717) is 0 Å². The van der Waals surface area contributed by atoms with Crippen LogP contribution in [0.25, 0.3) is 42.6 Å². The fourth-order valence-electron chi connectivity index (χ4n) is 2.95. The summed E-state index contributed by atoms with van der Waals surface area (Å²) in [4.78, 5) is 15.9. The molecule has 23 heavy (non-hydrogen) atoms. The van der Waals surface area contributed by atoms with E-state index < -0.39 is 0 Å². The van der Waals surface area contributed by atoms with Crippen LogP contribution >= 0.6 is 11.3 Å². The van der Waals surface area contributed by atoms with E-state index >= 15 is 0 Å². The molecule has 0 aliphatic heterocycles. The van der Waals surface area contributed by atoms with E-state index in [4.69, 9.17) is 4.98 Å². The summed E-state index contributed by atoms with van der Waals surface area (Å²) in [6.07, 6.45) is 3.65. The van der Waals surface area contributed by atoms with Gasteiger partial charge in [-0.15, -0.1) is 0 Å². The van der Waals surface area contributed by atoms with Gasteiger partial charge in [0.15, 0.2) is 0 Å². The molecule has 108 valence electrons. The standard InChI is InChI=1S/C19H11N3S/c1-4-12-5-2-10-20-17(12)15(6-1)16-9-8-14-13-7-3-11-21-18(13)23-19(14)22-16/h1-11H. The molecule has 3 nitrogen and oxygen atoms in total. The molecule has 5 aromatic rings. The lowest BCUT2D eigenvalue weighted by atomic mass is 10.1. The smallest absolute Gasteiger partial charge is 0.126 e. The lowest BCUT2D eigenvalue weighted by Crippen LogP contribution is -1.87. The van der Waals surface area contributed by atoms with Crippen molar-refractivity contribution in [1.82, 2.24) is 15.0 Å². The summed E-state index contributed by atoms with van der Waals surface area (Å²) in [5.41, 5.74) is 3.00. The van der Waals surface area contributed by atoms with Crippen molar-refractivity contribution >= 4 is 42.7 Å². The molecule has 0 saturated heterocycles. The highest BCUT2D eigenvalue weighted by Crippen LogP contribution is 2.34. The van der Waals surface area contributed by atoms with Gasteiger partial charge < -0.3 is 0 Å². The Morgan fingerprint density at radius 3 is 2.52 bits per heavy atom. The molecule has 4 heterocycles. The van der Waals surface area contributed by atoms with Crippen LogP contribution in [-0.4, -0.2) is 15.0 Å². The van der Waals surface area contributed by atoms with Crippen LogP contribution in [0.2, 0.25) is 0 Å². The quantitative estimate of drug-likeness (QED) is 0.434. The molecule has 4 aromatic heterocycles. The average Bonchev–Trinajstić information content (AvgIpc) is 2.99. The van der Waals surface area contributed by atoms with Crippen molar-refractivity contribution in [3.05, 3.63) is 67.0 Å². The van der Waals surface area contributed by atoms with Gasteiger partial charge in [-0.1, -0.05) is 35.6 Å². The minimum absolute atomic E-state index is 0.952. The summed E-state index contributed by atoms with van der Waals surface area (Å²) in [5, 5.41) is 3.46. The lowest BCUT2D eigenvalue weighted by molar-refractivity contribution is 1.38. The Bertz CT molecular complexity index is 1170. The second-order valence-electron chi connectivity index (χ2n) is 5.39. The van der Waals surface area contributed by atoms with Gasteiger partial charge in [0.05, 0.1) is 11.2 Å². The average molecular weight is 313 g/mol. The predicted molar refractivity (Wildman–Crippen MR) is 95.7 cm³/mol. The molecule has 0 N–H and O–H groups in total.